The molecule has 8 heteroatoms. The fourth-order valence-electron chi connectivity index (χ4n) is 2.88. The molecule has 0 spiro atoms. The Hall–Kier alpha value is -1.83. The summed E-state index contributed by atoms with van der Waals surface area (Å²) in [5.41, 5.74) is 0.916. The molecule has 2 aromatic carbocycles. The molecule has 0 N–H and O–H groups in total. The van der Waals surface area contributed by atoms with E-state index in [9.17, 15) is 12.8 Å². The van der Waals surface area contributed by atoms with Gasteiger partial charge in [0.2, 0.25) is 10.0 Å². The van der Waals surface area contributed by atoms with E-state index in [0.29, 0.717) is 13.1 Å². The van der Waals surface area contributed by atoms with Crippen LogP contribution in [0.25, 0.3) is 0 Å². The topological polar surface area (TPSA) is 49.9 Å². The zero-order chi connectivity index (χ0) is 18.0. The molecule has 5 nitrogen and oxygen atoms in total. The van der Waals surface area contributed by atoms with Gasteiger partial charge in [-0.2, -0.15) is 4.31 Å². The van der Waals surface area contributed by atoms with E-state index in [1.165, 1.54) is 16.4 Å². The molecule has 1 saturated heterocycles. The number of benzene rings is 2. The van der Waals surface area contributed by atoms with Crippen LogP contribution in [0, 0.1) is 5.82 Å². The van der Waals surface area contributed by atoms with Crippen LogP contribution in [0.3, 0.4) is 0 Å². The maximum Gasteiger partial charge on any atom is 0.246 e. The van der Waals surface area contributed by atoms with E-state index in [1.807, 2.05) is 24.3 Å². The number of anilines is 1. The lowest BCUT2D eigenvalue weighted by atomic mass is 10.2. The number of piperazine rings is 1. The molecule has 0 aliphatic carbocycles. The summed E-state index contributed by atoms with van der Waals surface area (Å²) in [6, 6.07) is 11.2. The summed E-state index contributed by atoms with van der Waals surface area (Å²) >= 11 is 5.70. The average molecular weight is 385 g/mol. The van der Waals surface area contributed by atoms with Crippen molar-refractivity contribution >= 4 is 27.3 Å². The van der Waals surface area contributed by atoms with Gasteiger partial charge in [0.25, 0.3) is 0 Å². The van der Waals surface area contributed by atoms with E-state index in [-0.39, 0.29) is 23.0 Å². The van der Waals surface area contributed by atoms with Gasteiger partial charge in [0.15, 0.2) is 0 Å². The highest BCUT2D eigenvalue weighted by atomic mass is 35.5. The third-order valence-electron chi connectivity index (χ3n) is 4.18. The lowest BCUT2D eigenvalue weighted by Crippen LogP contribution is -2.48. The molecule has 1 fully saturated rings. The Morgan fingerprint density at radius 3 is 2.40 bits per heavy atom. The lowest BCUT2D eigenvalue weighted by molar-refractivity contribution is 0.376. The van der Waals surface area contributed by atoms with Gasteiger partial charge in [0, 0.05) is 31.2 Å². The molecule has 0 radical (unpaired) electrons. The number of nitrogens with zero attached hydrogens (tertiary/aromatic N) is 2. The van der Waals surface area contributed by atoms with Gasteiger partial charge >= 0.3 is 0 Å². The van der Waals surface area contributed by atoms with Crippen molar-refractivity contribution in [1.29, 1.82) is 0 Å². The van der Waals surface area contributed by atoms with Crippen molar-refractivity contribution in [2.75, 3.05) is 38.2 Å². The summed E-state index contributed by atoms with van der Waals surface area (Å²) in [7, 11) is -2.29. The minimum atomic E-state index is -3.89. The van der Waals surface area contributed by atoms with Gasteiger partial charge in [-0.25, -0.2) is 12.8 Å². The fourth-order valence-corrected chi connectivity index (χ4v) is 4.51. The van der Waals surface area contributed by atoms with Gasteiger partial charge in [-0.1, -0.05) is 23.7 Å². The summed E-state index contributed by atoms with van der Waals surface area (Å²) in [5.74, 6) is -0.0952. The summed E-state index contributed by atoms with van der Waals surface area (Å²) in [5, 5.41) is 0.164. The Balaban J connectivity index is 1.77. The Kier molecular flexibility index (Phi) is 5.17. The van der Waals surface area contributed by atoms with Gasteiger partial charge in [0.05, 0.1) is 12.8 Å². The average Bonchev–Trinajstić information content (AvgIpc) is 2.61. The zero-order valence-electron chi connectivity index (χ0n) is 13.7. The first-order valence-electron chi connectivity index (χ1n) is 7.76. The summed E-state index contributed by atoms with van der Waals surface area (Å²) in [6.45, 7) is 1.52. The molecule has 1 heterocycles. The first kappa shape index (κ1) is 18.0. The van der Waals surface area contributed by atoms with Crippen LogP contribution in [0.1, 0.15) is 0 Å². The molecule has 0 saturated carbocycles. The molecule has 0 bridgehead atoms. The van der Waals surface area contributed by atoms with Crippen LogP contribution in [0.5, 0.6) is 5.75 Å². The van der Waals surface area contributed by atoms with Crippen molar-refractivity contribution in [3.8, 4) is 5.75 Å². The standard InChI is InChI=1S/C17H18ClFN2O3S/c1-24-16-5-3-2-4-15(16)20-8-10-21(11-9-20)25(22,23)17-7-6-13(18)12-14(17)19/h2-7,12H,8-11H2,1H3. The van der Waals surface area contributed by atoms with Crippen LogP contribution < -0.4 is 9.64 Å². The third-order valence-corrected chi connectivity index (χ3v) is 6.34. The van der Waals surface area contributed by atoms with E-state index in [4.69, 9.17) is 16.3 Å². The van der Waals surface area contributed by atoms with Crippen LogP contribution in [0.15, 0.2) is 47.4 Å². The van der Waals surface area contributed by atoms with Crippen molar-refractivity contribution in [2.45, 2.75) is 4.90 Å². The summed E-state index contributed by atoms with van der Waals surface area (Å²) in [4.78, 5) is 1.71. The van der Waals surface area contributed by atoms with Gasteiger partial charge < -0.3 is 9.64 Å². The molecule has 2 aromatic rings. The van der Waals surface area contributed by atoms with E-state index in [2.05, 4.69) is 4.90 Å². The van der Waals surface area contributed by atoms with Crippen molar-refractivity contribution in [1.82, 2.24) is 4.31 Å². The van der Waals surface area contributed by atoms with E-state index < -0.39 is 15.8 Å². The second-order valence-electron chi connectivity index (χ2n) is 5.64. The second-order valence-corrected chi connectivity index (χ2v) is 7.98. The summed E-state index contributed by atoms with van der Waals surface area (Å²) < 4.78 is 46.0. The van der Waals surface area contributed by atoms with Crippen LogP contribution in [-0.2, 0) is 10.0 Å². The Morgan fingerprint density at radius 1 is 1.08 bits per heavy atom. The molecule has 0 atom stereocenters. The fraction of sp³-hybridized carbons (Fsp3) is 0.294. The predicted octanol–water partition coefficient (Wildman–Crippen LogP) is 3.00. The molecule has 0 aromatic heterocycles. The van der Waals surface area contributed by atoms with E-state index in [1.54, 1.807) is 7.11 Å². The molecular weight excluding hydrogens is 367 g/mol. The number of para-hydroxylation sites is 2. The molecule has 25 heavy (non-hydrogen) atoms. The Bertz CT molecular complexity index is 868. The van der Waals surface area contributed by atoms with Crippen LogP contribution >= 0.6 is 11.6 Å². The van der Waals surface area contributed by atoms with Crippen LogP contribution in [0.2, 0.25) is 5.02 Å². The molecule has 0 unspecified atom stereocenters. The highest BCUT2D eigenvalue weighted by Crippen LogP contribution is 2.30. The number of ether oxygens (including phenoxy) is 1. The van der Waals surface area contributed by atoms with Gasteiger partial charge in [-0.05, 0) is 30.3 Å². The number of methoxy groups -OCH3 is 1. The van der Waals surface area contributed by atoms with Crippen molar-refractivity contribution < 1.29 is 17.5 Å². The van der Waals surface area contributed by atoms with Crippen molar-refractivity contribution in [2.24, 2.45) is 0 Å². The highest BCUT2D eigenvalue weighted by molar-refractivity contribution is 7.89. The third kappa shape index (κ3) is 3.58. The molecule has 134 valence electrons. The van der Waals surface area contributed by atoms with Crippen molar-refractivity contribution in [3.63, 3.8) is 0 Å². The maximum absolute atomic E-state index is 14.0. The SMILES string of the molecule is COc1ccccc1N1CCN(S(=O)(=O)c2ccc(Cl)cc2F)CC1. The molecule has 1 aliphatic heterocycles. The quantitative estimate of drug-likeness (QED) is 0.813. The number of hydrogen-bond acceptors (Lipinski definition) is 4. The lowest BCUT2D eigenvalue weighted by Gasteiger charge is -2.35. The maximum atomic E-state index is 14.0. The van der Waals surface area contributed by atoms with Crippen LogP contribution in [0.4, 0.5) is 10.1 Å². The minimum absolute atomic E-state index is 0.164. The largest absolute Gasteiger partial charge is 0.495 e. The predicted molar refractivity (Wildman–Crippen MR) is 95.4 cm³/mol. The Morgan fingerprint density at radius 2 is 1.76 bits per heavy atom. The number of sulfonamides is 1. The zero-order valence-corrected chi connectivity index (χ0v) is 15.2. The smallest absolute Gasteiger partial charge is 0.246 e. The van der Waals surface area contributed by atoms with Crippen molar-refractivity contribution in [3.05, 3.63) is 53.3 Å². The van der Waals surface area contributed by atoms with E-state index >= 15 is 0 Å². The molecule has 1 aliphatic rings. The normalized spacial score (nSPS) is 16.0. The van der Waals surface area contributed by atoms with Gasteiger partial charge in [0.1, 0.15) is 16.5 Å². The monoisotopic (exact) mass is 384 g/mol. The van der Waals surface area contributed by atoms with Gasteiger partial charge in [-0.3, -0.25) is 0 Å². The van der Waals surface area contributed by atoms with Crippen LogP contribution in [-0.4, -0.2) is 46.0 Å². The van der Waals surface area contributed by atoms with E-state index in [0.717, 1.165) is 17.5 Å². The number of hydrogen-bond donors (Lipinski definition) is 0. The molecular formula is C17H18ClFN2O3S. The highest BCUT2D eigenvalue weighted by Gasteiger charge is 2.31. The molecule has 0 amide bonds. The summed E-state index contributed by atoms with van der Waals surface area (Å²) in [6.07, 6.45) is 0. The first-order valence-corrected chi connectivity index (χ1v) is 9.58. The first-order chi connectivity index (χ1) is 11.9. The van der Waals surface area contributed by atoms with Gasteiger partial charge in [-0.15, -0.1) is 0 Å². The minimum Gasteiger partial charge on any atom is -0.495 e. The second kappa shape index (κ2) is 7.19. The molecule has 3 rings (SSSR count). The number of rotatable bonds is 4. The number of halogens is 2. The Labute approximate surface area is 151 Å².